The molecule has 156 valence electrons. The van der Waals surface area contributed by atoms with Crippen LogP contribution in [0.5, 0.6) is 0 Å². The van der Waals surface area contributed by atoms with Crippen LogP contribution in [0.25, 0.3) is 22.3 Å². The number of hydrogen-bond acceptors (Lipinski definition) is 5. The zero-order valence-corrected chi connectivity index (χ0v) is 17.6. The first-order chi connectivity index (χ1) is 14.4. The van der Waals surface area contributed by atoms with Crippen molar-refractivity contribution in [2.75, 3.05) is 6.61 Å². The molecule has 3 aromatic rings. The number of nitrogens with zero attached hydrogens (tertiary/aromatic N) is 2. The van der Waals surface area contributed by atoms with Gasteiger partial charge in [-0.25, -0.2) is 9.37 Å². The summed E-state index contributed by atoms with van der Waals surface area (Å²) >= 11 is 0. The van der Waals surface area contributed by atoms with Gasteiger partial charge in [-0.05, 0) is 80.5 Å². The second-order valence-electron chi connectivity index (χ2n) is 7.78. The number of halogens is 1. The van der Waals surface area contributed by atoms with Gasteiger partial charge in [-0.1, -0.05) is 0 Å². The fourth-order valence-electron chi connectivity index (χ4n) is 4.44. The summed E-state index contributed by atoms with van der Waals surface area (Å²) < 4.78 is 19.9. The molecule has 4 rings (SSSR count). The Morgan fingerprint density at radius 3 is 2.53 bits per heavy atom. The summed E-state index contributed by atoms with van der Waals surface area (Å²) in [4.78, 5) is 31.5. The van der Waals surface area contributed by atoms with Crippen molar-refractivity contribution >= 4 is 10.9 Å². The number of ether oxygens (including phenoxy) is 1. The number of pyridine rings is 2. The van der Waals surface area contributed by atoms with E-state index >= 15 is 0 Å². The lowest BCUT2D eigenvalue weighted by Gasteiger charge is -2.23. The Labute approximate surface area is 173 Å². The van der Waals surface area contributed by atoms with Gasteiger partial charge in [-0.3, -0.25) is 4.79 Å². The highest BCUT2D eigenvalue weighted by molar-refractivity contribution is 5.91. The van der Waals surface area contributed by atoms with Gasteiger partial charge in [0.1, 0.15) is 5.82 Å². The highest BCUT2D eigenvalue weighted by atomic mass is 19.1. The average Bonchev–Trinajstić information content (AvgIpc) is 2.74. The fourth-order valence-corrected chi connectivity index (χ4v) is 4.44. The molecule has 1 N–H and O–H groups in total. The third-order valence-corrected chi connectivity index (χ3v) is 6.09. The van der Waals surface area contributed by atoms with Gasteiger partial charge >= 0.3 is 0 Å². The number of hydrogen-bond donors (Lipinski definition) is 1. The predicted molar refractivity (Wildman–Crippen MR) is 114 cm³/mol. The van der Waals surface area contributed by atoms with Crippen molar-refractivity contribution < 1.29 is 9.13 Å². The second kappa shape index (κ2) is 7.72. The number of nitrogens with one attached hydrogen (secondary N) is 1. The summed E-state index contributed by atoms with van der Waals surface area (Å²) in [6.45, 7) is 7.46. The normalized spacial score (nSPS) is 14.2. The number of aromatic amines is 1. The minimum Gasteiger partial charge on any atom is -0.350 e. The van der Waals surface area contributed by atoms with Gasteiger partial charge in [0.25, 0.3) is 5.56 Å². The Balaban J connectivity index is 2.00. The van der Waals surface area contributed by atoms with E-state index in [1.54, 1.807) is 19.9 Å². The SMILES string of the molecule is CCOC(N=O)c1cc(-c2nc3cc(F)c(C)c4c3c(c2C)CCC4)[nH]c(=O)c1C. The molecule has 0 saturated carbocycles. The van der Waals surface area contributed by atoms with Gasteiger partial charge < -0.3 is 9.72 Å². The van der Waals surface area contributed by atoms with E-state index in [0.717, 1.165) is 41.3 Å². The van der Waals surface area contributed by atoms with Crippen LogP contribution in [-0.2, 0) is 17.6 Å². The van der Waals surface area contributed by atoms with Crippen LogP contribution in [0.1, 0.15) is 53.0 Å². The van der Waals surface area contributed by atoms with Crippen LogP contribution in [0.15, 0.2) is 22.1 Å². The zero-order valence-electron chi connectivity index (χ0n) is 17.6. The van der Waals surface area contributed by atoms with Crippen molar-refractivity contribution in [2.45, 2.75) is 53.2 Å². The van der Waals surface area contributed by atoms with E-state index in [9.17, 15) is 14.1 Å². The van der Waals surface area contributed by atoms with Crippen LogP contribution in [0.2, 0.25) is 0 Å². The van der Waals surface area contributed by atoms with Crippen molar-refractivity contribution in [2.24, 2.45) is 5.18 Å². The maximum absolute atomic E-state index is 14.5. The molecular weight excluding hydrogens is 385 g/mol. The first kappa shape index (κ1) is 20.3. The molecule has 1 unspecified atom stereocenters. The van der Waals surface area contributed by atoms with E-state index in [-0.39, 0.29) is 18.0 Å². The van der Waals surface area contributed by atoms with Crippen LogP contribution in [0.4, 0.5) is 4.39 Å². The van der Waals surface area contributed by atoms with E-state index in [1.807, 2.05) is 13.8 Å². The molecule has 0 bridgehead atoms. The summed E-state index contributed by atoms with van der Waals surface area (Å²) in [5.41, 5.74) is 5.88. The molecule has 0 radical (unpaired) electrons. The molecule has 0 amide bonds. The smallest absolute Gasteiger partial charge is 0.251 e. The standard InChI is InChI=1S/C23H24FN3O3/c1-5-30-23(27-29)16-9-19(26-22(28)13(16)4)21-12(3)15-8-6-7-14-11(2)17(24)10-18(25-21)20(14)15/h9-10,23H,5-8H2,1-4H3,(H,26,28). The molecule has 0 spiro atoms. The lowest BCUT2D eigenvalue weighted by molar-refractivity contribution is 0.0675. The summed E-state index contributed by atoms with van der Waals surface area (Å²) in [5.74, 6) is -0.271. The molecule has 0 aliphatic heterocycles. The Morgan fingerprint density at radius 1 is 1.17 bits per heavy atom. The number of aromatic nitrogens is 2. The van der Waals surface area contributed by atoms with Crippen molar-refractivity contribution in [3.8, 4) is 11.4 Å². The minimum atomic E-state index is -1.07. The summed E-state index contributed by atoms with van der Waals surface area (Å²) in [6, 6.07) is 3.16. The topological polar surface area (TPSA) is 84.4 Å². The highest BCUT2D eigenvalue weighted by Gasteiger charge is 2.24. The number of rotatable bonds is 5. The first-order valence-electron chi connectivity index (χ1n) is 10.2. The predicted octanol–water partition coefficient (Wildman–Crippen LogP) is 4.94. The third kappa shape index (κ3) is 3.13. The Bertz CT molecular complexity index is 1230. The van der Waals surface area contributed by atoms with Crippen molar-refractivity contribution in [3.63, 3.8) is 0 Å². The molecule has 30 heavy (non-hydrogen) atoms. The Morgan fingerprint density at radius 2 is 1.87 bits per heavy atom. The van der Waals surface area contributed by atoms with E-state index < -0.39 is 6.23 Å². The quantitative estimate of drug-likeness (QED) is 0.605. The van der Waals surface area contributed by atoms with Crippen LogP contribution in [0, 0.1) is 31.5 Å². The fraction of sp³-hybridized carbons (Fsp3) is 0.391. The maximum atomic E-state index is 14.5. The number of aryl methyl sites for hydroxylation is 2. The largest absolute Gasteiger partial charge is 0.350 e. The summed E-state index contributed by atoms with van der Waals surface area (Å²) in [7, 11) is 0. The van der Waals surface area contributed by atoms with Gasteiger partial charge in [0.15, 0.2) is 0 Å². The van der Waals surface area contributed by atoms with Crippen molar-refractivity contribution in [3.05, 3.63) is 66.6 Å². The molecule has 2 aromatic heterocycles. The molecule has 2 heterocycles. The van der Waals surface area contributed by atoms with Gasteiger partial charge in [-0.2, -0.15) is 0 Å². The van der Waals surface area contributed by atoms with Gasteiger partial charge in [0.05, 0.1) is 16.9 Å². The number of nitroso groups, excluding NO2 is 1. The zero-order chi connectivity index (χ0) is 21.6. The van der Waals surface area contributed by atoms with Gasteiger partial charge in [-0.15, -0.1) is 4.91 Å². The molecule has 7 heteroatoms. The molecule has 0 saturated heterocycles. The molecule has 1 aliphatic rings. The monoisotopic (exact) mass is 409 g/mol. The second-order valence-corrected chi connectivity index (χ2v) is 7.78. The first-order valence-corrected chi connectivity index (χ1v) is 10.2. The van der Waals surface area contributed by atoms with E-state index in [4.69, 9.17) is 9.72 Å². The summed E-state index contributed by atoms with van der Waals surface area (Å²) in [6.07, 6.45) is 1.58. The Hall–Kier alpha value is -2.93. The molecule has 1 aliphatic carbocycles. The third-order valence-electron chi connectivity index (χ3n) is 6.09. The number of H-pyrrole nitrogens is 1. The van der Waals surface area contributed by atoms with Gasteiger partial charge in [0, 0.05) is 29.2 Å². The average molecular weight is 409 g/mol. The maximum Gasteiger partial charge on any atom is 0.251 e. The highest BCUT2D eigenvalue weighted by Crippen LogP contribution is 2.37. The van der Waals surface area contributed by atoms with E-state index in [2.05, 4.69) is 10.2 Å². The molecular formula is C23H24FN3O3. The molecule has 6 nitrogen and oxygen atoms in total. The number of benzene rings is 1. The van der Waals surface area contributed by atoms with Crippen LogP contribution in [0.3, 0.4) is 0 Å². The van der Waals surface area contributed by atoms with Crippen molar-refractivity contribution in [1.82, 2.24) is 9.97 Å². The van der Waals surface area contributed by atoms with Crippen LogP contribution >= 0.6 is 0 Å². The van der Waals surface area contributed by atoms with Crippen LogP contribution < -0.4 is 5.56 Å². The molecule has 1 aromatic carbocycles. The Kier molecular flexibility index (Phi) is 5.24. The molecule has 0 fully saturated rings. The lowest BCUT2D eigenvalue weighted by atomic mass is 9.84. The van der Waals surface area contributed by atoms with Crippen molar-refractivity contribution in [1.29, 1.82) is 0 Å². The minimum absolute atomic E-state index is 0.271. The lowest BCUT2D eigenvalue weighted by Crippen LogP contribution is -2.17. The van der Waals surface area contributed by atoms with E-state index in [1.165, 1.54) is 6.07 Å². The van der Waals surface area contributed by atoms with Gasteiger partial charge in [0.2, 0.25) is 6.23 Å². The molecule has 1 atom stereocenters. The van der Waals surface area contributed by atoms with E-state index in [0.29, 0.717) is 33.6 Å². The van der Waals surface area contributed by atoms with Crippen LogP contribution in [-0.4, -0.2) is 16.6 Å². The summed E-state index contributed by atoms with van der Waals surface area (Å²) in [5, 5.41) is 4.06.